The van der Waals surface area contributed by atoms with E-state index < -0.39 is 31.5 Å². The molecule has 0 aliphatic heterocycles. The number of halogens is 6. The molecular weight excluding hydrogens is 869 g/mol. The molecule has 0 radical (unpaired) electrons. The molecule has 0 aliphatic rings. The number of carbonyl (C=O) groups excluding carboxylic acids is 8. The van der Waals surface area contributed by atoms with Crippen LogP contribution >= 0.6 is 69.6 Å². The number of Topliss-reactive ketones (excluding diaryl/α,β-unsaturated/α-hetero) is 2. The van der Waals surface area contributed by atoms with Crippen LogP contribution in [0.15, 0.2) is 133 Å². The number of fused-ring (bicyclic) bond motifs is 1. The standard InChI is InChI=1S/C14H8Cl2O2.C13H9ClO2.C9H7ClO2.C8H4Cl2O2/c15-13(17)11-5-1-9(2-6-11)10-3-7-12(8-4-10)14(16)18;1-8(15)9-2-3-11-7-12(13(14)16)5-4-10(11)6-9;1-6(11)7-2-4-8(5-3-7)9(10)12;9-7(11)5-2-1-3-6(4-5)8(10)12/h1-8H;2-7H,1H3;2-5H,1H3;1-4H. The van der Waals surface area contributed by atoms with Crippen molar-refractivity contribution in [3.63, 3.8) is 0 Å². The smallest absolute Gasteiger partial charge is 0.252 e. The first-order valence-electron chi connectivity index (χ1n) is 16.5. The summed E-state index contributed by atoms with van der Waals surface area (Å²) in [5, 5.41) is -1.33. The maximum absolute atomic E-state index is 11.2. The minimum atomic E-state index is -0.602. The fourth-order valence-electron chi connectivity index (χ4n) is 4.77. The third-order valence-electron chi connectivity index (χ3n) is 7.87. The van der Waals surface area contributed by atoms with Gasteiger partial charge in [-0.05, 0) is 166 Å². The van der Waals surface area contributed by atoms with Crippen molar-refractivity contribution in [3.05, 3.63) is 178 Å². The quantitative estimate of drug-likeness (QED) is 0.103. The van der Waals surface area contributed by atoms with E-state index in [1.54, 1.807) is 97.1 Å². The molecule has 0 heterocycles. The zero-order valence-corrected chi connectivity index (χ0v) is 34.8. The Morgan fingerprint density at radius 1 is 0.293 bits per heavy atom. The molecule has 0 atom stereocenters. The summed E-state index contributed by atoms with van der Waals surface area (Å²) in [5.74, 6) is 0.00275. The van der Waals surface area contributed by atoms with E-state index in [0.717, 1.165) is 21.9 Å². The van der Waals surface area contributed by atoms with Crippen molar-refractivity contribution in [3.8, 4) is 11.1 Å². The molecule has 0 spiro atoms. The lowest BCUT2D eigenvalue weighted by atomic mass is 10.0. The first kappa shape index (κ1) is 47.1. The van der Waals surface area contributed by atoms with E-state index in [4.69, 9.17) is 69.6 Å². The molecule has 0 saturated heterocycles. The zero-order chi connectivity index (χ0) is 43.1. The van der Waals surface area contributed by atoms with Gasteiger partial charge >= 0.3 is 0 Å². The van der Waals surface area contributed by atoms with Gasteiger partial charge in [0, 0.05) is 44.5 Å². The lowest BCUT2D eigenvalue weighted by molar-refractivity contribution is 0.100. The second-order valence-electron chi connectivity index (χ2n) is 11.8. The molecule has 8 nitrogen and oxygen atoms in total. The molecule has 0 saturated carbocycles. The van der Waals surface area contributed by atoms with Crippen molar-refractivity contribution in [2.75, 3.05) is 0 Å². The Balaban J connectivity index is 0.000000210. The van der Waals surface area contributed by atoms with E-state index in [0.29, 0.717) is 33.4 Å². The van der Waals surface area contributed by atoms with Crippen molar-refractivity contribution in [2.45, 2.75) is 13.8 Å². The van der Waals surface area contributed by atoms with Crippen molar-refractivity contribution in [1.29, 1.82) is 0 Å². The normalized spacial score (nSPS) is 9.93. The predicted octanol–water partition coefficient (Wildman–Crippen LogP) is 12.2. The van der Waals surface area contributed by atoms with Gasteiger partial charge in [-0.25, -0.2) is 0 Å². The highest BCUT2D eigenvalue weighted by molar-refractivity contribution is 6.70. The van der Waals surface area contributed by atoms with Gasteiger partial charge in [0.25, 0.3) is 31.5 Å². The second kappa shape index (κ2) is 22.6. The van der Waals surface area contributed by atoms with E-state index >= 15 is 0 Å². The number of hydrogen-bond donors (Lipinski definition) is 0. The van der Waals surface area contributed by atoms with Gasteiger partial charge in [0.1, 0.15) is 0 Å². The van der Waals surface area contributed by atoms with Crippen LogP contribution in [0.25, 0.3) is 21.9 Å². The van der Waals surface area contributed by atoms with Gasteiger partial charge in [-0.15, -0.1) is 0 Å². The maximum atomic E-state index is 11.2. The minimum Gasteiger partial charge on any atom is -0.295 e. The van der Waals surface area contributed by atoms with Crippen LogP contribution in [0, 0.1) is 0 Å². The lowest BCUT2D eigenvalue weighted by Gasteiger charge is -2.03. The van der Waals surface area contributed by atoms with Gasteiger partial charge in [0.05, 0.1) is 0 Å². The molecule has 0 bridgehead atoms. The fraction of sp³-hybridized carbons (Fsp3) is 0.0455. The topological polar surface area (TPSA) is 137 Å². The molecule has 6 rings (SSSR count). The Morgan fingerprint density at radius 3 is 0.879 bits per heavy atom. The predicted molar refractivity (Wildman–Crippen MR) is 230 cm³/mol. The Hall–Kier alpha value is -5.32. The minimum absolute atomic E-state index is 0.0245. The molecule has 6 aromatic rings. The van der Waals surface area contributed by atoms with Crippen molar-refractivity contribution >= 4 is 123 Å². The number of benzene rings is 6. The summed E-state index contributed by atoms with van der Waals surface area (Å²) in [6.45, 7) is 3.00. The van der Waals surface area contributed by atoms with Crippen LogP contribution in [0.4, 0.5) is 0 Å². The van der Waals surface area contributed by atoms with Crippen LogP contribution in [0.5, 0.6) is 0 Å². The van der Waals surface area contributed by atoms with Crippen LogP contribution in [0.2, 0.25) is 0 Å². The number of carbonyl (C=O) groups is 8. The van der Waals surface area contributed by atoms with Crippen LogP contribution in [0.1, 0.15) is 96.7 Å². The highest BCUT2D eigenvalue weighted by Gasteiger charge is 2.08. The van der Waals surface area contributed by atoms with Crippen molar-refractivity contribution < 1.29 is 38.4 Å². The van der Waals surface area contributed by atoms with Crippen molar-refractivity contribution in [1.82, 2.24) is 0 Å². The zero-order valence-electron chi connectivity index (χ0n) is 30.2. The van der Waals surface area contributed by atoms with Gasteiger partial charge in [-0.2, -0.15) is 0 Å². The van der Waals surface area contributed by atoms with E-state index in [2.05, 4.69) is 0 Å². The Kier molecular flexibility index (Phi) is 18.3. The monoisotopic (exact) mass is 894 g/mol. The van der Waals surface area contributed by atoms with E-state index in [1.165, 1.54) is 44.2 Å². The second-order valence-corrected chi connectivity index (χ2v) is 13.9. The van der Waals surface area contributed by atoms with Crippen molar-refractivity contribution in [2.24, 2.45) is 0 Å². The molecular formula is C44H28Cl6O8. The molecule has 0 N–H and O–H groups in total. The average Bonchev–Trinajstić information content (AvgIpc) is 3.21. The van der Waals surface area contributed by atoms with E-state index in [1.807, 2.05) is 6.07 Å². The maximum Gasteiger partial charge on any atom is 0.252 e. The fourth-order valence-corrected chi connectivity index (χ4v) is 5.50. The molecule has 58 heavy (non-hydrogen) atoms. The Labute approximate surface area is 362 Å². The third kappa shape index (κ3) is 14.6. The average molecular weight is 897 g/mol. The van der Waals surface area contributed by atoms with Gasteiger partial charge < -0.3 is 0 Å². The van der Waals surface area contributed by atoms with Crippen LogP contribution in [-0.4, -0.2) is 43.0 Å². The molecule has 294 valence electrons. The Morgan fingerprint density at radius 2 is 0.552 bits per heavy atom. The Bertz CT molecular complexity index is 2340. The summed E-state index contributed by atoms with van der Waals surface area (Å²) in [4.78, 5) is 86.7. The largest absolute Gasteiger partial charge is 0.295 e. The highest BCUT2D eigenvalue weighted by Crippen LogP contribution is 2.22. The van der Waals surface area contributed by atoms with Gasteiger partial charge in [-0.1, -0.05) is 72.8 Å². The molecule has 0 aromatic heterocycles. The molecule has 14 heteroatoms. The van der Waals surface area contributed by atoms with Gasteiger partial charge in [0.2, 0.25) is 0 Å². The molecule has 0 unspecified atom stereocenters. The van der Waals surface area contributed by atoms with Crippen LogP contribution in [-0.2, 0) is 0 Å². The molecule has 0 fully saturated rings. The lowest BCUT2D eigenvalue weighted by Crippen LogP contribution is -1.93. The first-order valence-corrected chi connectivity index (χ1v) is 18.8. The highest BCUT2D eigenvalue weighted by atomic mass is 35.5. The summed E-state index contributed by atoms with van der Waals surface area (Å²) in [5.41, 5.74) is 5.42. The summed E-state index contributed by atoms with van der Waals surface area (Å²) in [6, 6.07) is 36.5. The number of rotatable bonds is 9. The van der Waals surface area contributed by atoms with Gasteiger partial charge in [0.15, 0.2) is 11.6 Å². The van der Waals surface area contributed by atoms with Gasteiger partial charge in [-0.3, -0.25) is 38.4 Å². The van der Waals surface area contributed by atoms with Crippen LogP contribution < -0.4 is 0 Å². The molecule has 0 amide bonds. The third-order valence-corrected chi connectivity index (χ3v) is 9.17. The number of ketones is 2. The summed E-state index contributed by atoms with van der Waals surface area (Å²) in [6.07, 6.45) is 0. The van der Waals surface area contributed by atoms with Crippen LogP contribution in [0.3, 0.4) is 0 Å². The molecule has 6 aromatic carbocycles. The SMILES string of the molecule is CC(=O)c1ccc(C(=O)Cl)cc1.CC(=O)c1ccc2cc(C(=O)Cl)ccc2c1.O=C(Cl)c1ccc(-c2ccc(C(=O)Cl)cc2)cc1.O=C(Cl)c1cccc(C(=O)Cl)c1. The molecule has 0 aliphatic carbocycles. The van der Waals surface area contributed by atoms with E-state index in [-0.39, 0.29) is 22.7 Å². The summed E-state index contributed by atoms with van der Waals surface area (Å²) < 4.78 is 0. The number of hydrogen-bond acceptors (Lipinski definition) is 8. The summed E-state index contributed by atoms with van der Waals surface area (Å²) >= 11 is 31.7. The summed E-state index contributed by atoms with van der Waals surface area (Å²) in [7, 11) is 0. The van der Waals surface area contributed by atoms with E-state index in [9.17, 15) is 38.4 Å². The first-order chi connectivity index (χ1) is 27.4.